The number of carbonyl (C=O) groups excluding carboxylic acids is 2. The maximum atomic E-state index is 13.1. The van der Waals surface area contributed by atoms with E-state index in [0.717, 1.165) is 65.3 Å². The quantitative estimate of drug-likeness (QED) is 0.736. The van der Waals surface area contributed by atoms with E-state index in [2.05, 4.69) is 20.1 Å². The third kappa shape index (κ3) is 4.88. The Labute approximate surface area is 176 Å². The number of nitrogens with one attached hydrogen (secondary N) is 1. The van der Waals surface area contributed by atoms with Crippen molar-refractivity contribution in [3.8, 4) is 0 Å². The van der Waals surface area contributed by atoms with Gasteiger partial charge in [0, 0.05) is 45.5 Å². The fourth-order valence-electron chi connectivity index (χ4n) is 4.50. The summed E-state index contributed by atoms with van der Waals surface area (Å²) in [5, 5.41) is 3.32. The van der Waals surface area contributed by atoms with Crippen molar-refractivity contribution in [3.05, 3.63) is 23.4 Å². The van der Waals surface area contributed by atoms with Gasteiger partial charge in [0.25, 0.3) is 0 Å². The molecule has 0 aromatic carbocycles. The molecule has 1 aromatic rings. The van der Waals surface area contributed by atoms with Crippen LogP contribution in [0.25, 0.3) is 0 Å². The summed E-state index contributed by atoms with van der Waals surface area (Å²) in [5.41, 5.74) is -0.316. The van der Waals surface area contributed by atoms with Crippen molar-refractivity contribution in [1.29, 1.82) is 0 Å². The first kappa shape index (κ1) is 20.5. The van der Waals surface area contributed by atoms with E-state index in [4.69, 9.17) is 16.3 Å². The van der Waals surface area contributed by atoms with Gasteiger partial charge in [0.05, 0.1) is 30.2 Å². The Balaban J connectivity index is 1.25. The van der Waals surface area contributed by atoms with E-state index in [1.807, 2.05) is 4.90 Å². The SMILES string of the molecule is O=C(CN1CCC2(CCN(CCN3CCOCC3)C2=O)C1)Nc1ccc(Cl)cn1. The Bertz CT molecular complexity index is 740. The van der Waals surface area contributed by atoms with E-state index in [9.17, 15) is 9.59 Å². The first-order valence-corrected chi connectivity index (χ1v) is 10.7. The molecule has 8 nitrogen and oxygen atoms in total. The van der Waals surface area contributed by atoms with Crippen molar-refractivity contribution in [2.24, 2.45) is 5.41 Å². The molecule has 9 heteroatoms. The molecule has 4 rings (SSSR count). The van der Waals surface area contributed by atoms with Gasteiger partial charge in [-0.25, -0.2) is 4.98 Å². The highest BCUT2D eigenvalue weighted by Gasteiger charge is 2.50. The lowest BCUT2D eigenvalue weighted by Gasteiger charge is -2.29. The van der Waals surface area contributed by atoms with Crippen LogP contribution >= 0.6 is 11.6 Å². The monoisotopic (exact) mass is 421 g/mol. The van der Waals surface area contributed by atoms with Crippen LogP contribution in [0.4, 0.5) is 5.82 Å². The summed E-state index contributed by atoms with van der Waals surface area (Å²) in [6, 6.07) is 3.37. The summed E-state index contributed by atoms with van der Waals surface area (Å²) in [6.07, 6.45) is 3.21. The summed E-state index contributed by atoms with van der Waals surface area (Å²) >= 11 is 5.82. The topological polar surface area (TPSA) is 78.0 Å². The normalized spacial score (nSPS) is 25.8. The van der Waals surface area contributed by atoms with E-state index in [-0.39, 0.29) is 23.8 Å². The number of ether oxygens (including phenoxy) is 1. The molecule has 3 saturated heterocycles. The number of pyridine rings is 1. The van der Waals surface area contributed by atoms with Crippen LogP contribution in [0.5, 0.6) is 0 Å². The Kier molecular flexibility index (Phi) is 6.34. The van der Waals surface area contributed by atoms with Gasteiger partial charge >= 0.3 is 0 Å². The minimum Gasteiger partial charge on any atom is -0.379 e. The van der Waals surface area contributed by atoms with Gasteiger partial charge in [-0.05, 0) is 31.5 Å². The molecular formula is C20H28ClN5O3. The molecule has 3 aliphatic rings. The van der Waals surface area contributed by atoms with Gasteiger partial charge < -0.3 is 15.0 Å². The number of morpholine rings is 1. The van der Waals surface area contributed by atoms with Crippen LogP contribution in [0.15, 0.2) is 18.3 Å². The highest BCUT2D eigenvalue weighted by atomic mass is 35.5. The highest BCUT2D eigenvalue weighted by molar-refractivity contribution is 6.30. The third-order valence-corrected chi connectivity index (χ3v) is 6.41. The zero-order valence-corrected chi connectivity index (χ0v) is 17.4. The van der Waals surface area contributed by atoms with Crippen molar-refractivity contribution >= 4 is 29.2 Å². The standard InChI is InChI=1S/C20H28ClN5O3/c21-16-1-2-17(22-13-16)23-18(27)14-25-5-3-20(15-25)4-6-26(19(20)28)8-7-24-9-11-29-12-10-24/h1-2,13H,3-12,14-15H2,(H,22,23,27). The number of hydrogen-bond acceptors (Lipinski definition) is 6. The number of carbonyl (C=O) groups is 2. The van der Waals surface area contributed by atoms with Gasteiger partial charge in [-0.2, -0.15) is 0 Å². The molecule has 1 unspecified atom stereocenters. The Morgan fingerprint density at radius 2 is 1.93 bits per heavy atom. The lowest BCUT2D eigenvalue weighted by molar-refractivity contribution is -0.136. The summed E-state index contributed by atoms with van der Waals surface area (Å²) in [7, 11) is 0. The van der Waals surface area contributed by atoms with E-state index in [1.54, 1.807) is 12.1 Å². The average Bonchev–Trinajstić information content (AvgIpc) is 3.27. The lowest BCUT2D eigenvalue weighted by atomic mass is 9.85. The van der Waals surface area contributed by atoms with E-state index < -0.39 is 0 Å². The summed E-state index contributed by atoms with van der Waals surface area (Å²) < 4.78 is 5.38. The number of amides is 2. The van der Waals surface area contributed by atoms with Crippen LogP contribution in [-0.4, -0.2) is 97.1 Å². The lowest BCUT2D eigenvalue weighted by Crippen LogP contribution is -2.43. The van der Waals surface area contributed by atoms with E-state index >= 15 is 0 Å². The van der Waals surface area contributed by atoms with Crippen LogP contribution in [0.2, 0.25) is 5.02 Å². The number of rotatable bonds is 6. The molecule has 0 aliphatic carbocycles. The molecule has 1 N–H and O–H groups in total. The molecule has 1 aromatic heterocycles. The maximum Gasteiger partial charge on any atom is 0.239 e. The summed E-state index contributed by atoms with van der Waals surface area (Å²) in [5.74, 6) is 0.624. The summed E-state index contributed by atoms with van der Waals surface area (Å²) in [4.78, 5) is 36.0. The smallest absolute Gasteiger partial charge is 0.239 e. The molecule has 1 atom stereocenters. The molecule has 0 radical (unpaired) electrons. The van der Waals surface area contributed by atoms with Crippen LogP contribution in [0, 0.1) is 5.41 Å². The maximum absolute atomic E-state index is 13.1. The number of anilines is 1. The minimum atomic E-state index is -0.316. The molecule has 29 heavy (non-hydrogen) atoms. The van der Waals surface area contributed by atoms with Gasteiger partial charge in [-0.1, -0.05) is 11.6 Å². The first-order chi connectivity index (χ1) is 14.0. The molecule has 2 amide bonds. The largest absolute Gasteiger partial charge is 0.379 e. The molecule has 0 bridgehead atoms. The second-order valence-electron chi connectivity index (χ2n) is 8.15. The van der Waals surface area contributed by atoms with Crippen LogP contribution in [0.3, 0.4) is 0 Å². The first-order valence-electron chi connectivity index (χ1n) is 10.3. The molecule has 158 valence electrons. The second kappa shape index (κ2) is 8.95. The molecule has 4 heterocycles. The van der Waals surface area contributed by atoms with Gasteiger partial charge in [-0.3, -0.25) is 19.4 Å². The average molecular weight is 422 g/mol. The minimum absolute atomic E-state index is 0.119. The highest BCUT2D eigenvalue weighted by Crippen LogP contribution is 2.40. The molecular weight excluding hydrogens is 394 g/mol. The van der Waals surface area contributed by atoms with Crippen molar-refractivity contribution in [2.45, 2.75) is 12.8 Å². The van der Waals surface area contributed by atoms with Gasteiger partial charge in [0.15, 0.2) is 0 Å². The Morgan fingerprint density at radius 3 is 2.69 bits per heavy atom. The van der Waals surface area contributed by atoms with Crippen molar-refractivity contribution in [1.82, 2.24) is 19.7 Å². The number of nitrogens with zero attached hydrogens (tertiary/aromatic N) is 4. The number of likely N-dealkylation sites (tertiary alicyclic amines) is 2. The van der Waals surface area contributed by atoms with Crippen LogP contribution in [0.1, 0.15) is 12.8 Å². The van der Waals surface area contributed by atoms with E-state index in [0.29, 0.717) is 17.4 Å². The van der Waals surface area contributed by atoms with Crippen molar-refractivity contribution < 1.29 is 14.3 Å². The van der Waals surface area contributed by atoms with Crippen LogP contribution in [-0.2, 0) is 14.3 Å². The summed E-state index contributed by atoms with van der Waals surface area (Å²) in [6.45, 7) is 7.64. The predicted molar refractivity (Wildman–Crippen MR) is 110 cm³/mol. The Morgan fingerprint density at radius 1 is 1.14 bits per heavy atom. The van der Waals surface area contributed by atoms with Crippen molar-refractivity contribution in [3.63, 3.8) is 0 Å². The Hall–Kier alpha value is -1.74. The fourth-order valence-corrected chi connectivity index (χ4v) is 4.61. The molecule has 1 spiro atoms. The number of halogens is 1. The van der Waals surface area contributed by atoms with Gasteiger partial charge in [-0.15, -0.1) is 0 Å². The zero-order chi connectivity index (χ0) is 20.3. The predicted octanol–water partition coefficient (Wildman–Crippen LogP) is 0.930. The molecule has 3 fully saturated rings. The van der Waals surface area contributed by atoms with E-state index in [1.165, 1.54) is 6.20 Å². The molecule has 3 aliphatic heterocycles. The third-order valence-electron chi connectivity index (χ3n) is 6.19. The number of aromatic nitrogens is 1. The van der Waals surface area contributed by atoms with Gasteiger partial charge in [0.2, 0.25) is 11.8 Å². The fraction of sp³-hybridized carbons (Fsp3) is 0.650. The van der Waals surface area contributed by atoms with Crippen LogP contribution < -0.4 is 5.32 Å². The van der Waals surface area contributed by atoms with Gasteiger partial charge in [0.1, 0.15) is 5.82 Å². The zero-order valence-electron chi connectivity index (χ0n) is 16.6. The molecule has 0 saturated carbocycles. The van der Waals surface area contributed by atoms with Crippen molar-refractivity contribution in [2.75, 3.05) is 70.9 Å². The number of hydrogen-bond donors (Lipinski definition) is 1. The second-order valence-corrected chi connectivity index (χ2v) is 8.58.